The molecule has 0 amide bonds. The zero-order valence-corrected chi connectivity index (χ0v) is 14.9. The molecule has 0 unspecified atom stereocenters. The molecule has 2 aromatic carbocycles. The molecule has 0 radical (unpaired) electrons. The van der Waals surface area contributed by atoms with E-state index in [1.54, 1.807) is 4.31 Å². The van der Waals surface area contributed by atoms with Crippen molar-refractivity contribution < 1.29 is 17.6 Å². The Balaban J connectivity index is 2.31. The SMILES string of the molecule is CCN(Cc1ccccc1C)Sc1c(F)c(F)c(F)c(F)c1Br. The normalized spacial score (nSPS) is 11.3. The molecule has 0 aromatic heterocycles. The molecule has 0 saturated carbocycles. The average molecular weight is 408 g/mol. The molecule has 0 saturated heterocycles. The van der Waals surface area contributed by atoms with Gasteiger partial charge >= 0.3 is 0 Å². The Morgan fingerprint density at radius 3 is 2.22 bits per heavy atom. The maximum absolute atomic E-state index is 14.0. The predicted molar refractivity (Wildman–Crippen MR) is 87.1 cm³/mol. The fourth-order valence-electron chi connectivity index (χ4n) is 1.98. The highest BCUT2D eigenvalue weighted by Gasteiger charge is 2.25. The van der Waals surface area contributed by atoms with Crippen molar-refractivity contribution in [2.24, 2.45) is 0 Å². The molecule has 0 heterocycles. The second-order valence-corrected chi connectivity index (χ2v) is 6.77. The van der Waals surface area contributed by atoms with Crippen LogP contribution in [0.5, 0.6) is 0 Å². The summed E-state index contributed by atoms with van der Waals surface area (Å²) in [5, 5.41) is 0. The van der Waals surface area contributed by atoms with Crippen molar-refractivity contribution in [3.05, 3.63) is 63.1 Å². The van der Waals surface area contributed by atoms with E-state index in [9.17, 15) is 17.6 Å². The number of aryl methyl sites for hydroxylation is 1. The van der Waals surface area contributed by atoms with Crippen LogP contribution in [0.1, 0.15) is 18.1 Å². The molecule has 0 fully saturated rings. The van der Waals surface area contributed by atoms with Gasteiger partial charge in [-0.15, -0.1) is 0 Å². The lowest BCUT2D eigenvalue weighted by atomic mass is 10.1. The fraction of sp³-hybridized carbons (Fsp3) is 0.250. The molecule has 0 aliphatic rings. The van der Waals surface area contributed by atoms with Gasteiger partial charge in [-0.3, -0.25) is 0 Å². The molecule has 1 nitrogen and oxygen atoms in total. The van der Waals surface area contributed by atoms with E-state index in [1.807, 2.05) is 38.1 Å². The van der Waals surface area contributed by atoms with Gasteiger partial charge in [0.2, 0.25) is 0 Å². The monoisotopic (exact) mass is 407 g/mol. The van der Waals surface area contributed by atoms with Crippen molar-refractivity contribution in [2.45, 2.75) is 25.3 Å². The third kappa shape index (κ3) is 3.89. The molecule has 124 valence electrons. The molecule has 2 rings (SSSR count). The molecule has 0 bridgehead atoms. The standard InChI is InChI=1S/C16H14BrF4NS/c1-3-22(8-10-7-5-4-6-9(10)2)23-16-11(17)12(18)13(19)14(20)15(16)21/h4-7H,3,8H2,1-2H3. The molecule has 2 aromatic rings. The Kier molecular flexibility index (Phi) is 6.11. The van der Waals surface area contributed by atoms with Crippen LogP contribution >= 0.6 is 27.9 Å². The Morgan fingerprint density at radius 1 is 1.00 bits per heavy atom. The van der Waals surface area contributed by atoms with E-state index in [0.717, 1.165) is 23.1 Å². The van der Waals surface area contributed by atoms with Gasteiger partial charge in [0.15, 0.2) is 23.3 Å². The van der Waals surface area contributed by atoms with Gasteiger partial charge < -0.3 is 0 Å². The molecule has 0 spiro atoms. The first-order chi connectivity index (χ1) is 10.9. The van der Waals surface area contributed by atoms with Crippen molar-refractivity contribution in [1.82, 2.24) is 4.31 Å². The number of nitrogens with zero attached hydrogens (tertiary/aromatic N) is 1. The summed E-state index contributed by atoms with van der Waals surface area (Å²) < 4.78 is 55.5. The second-order valence-electron chi connectivity index (χ2n) is 4.87. The van der Waals surface area contributed by atoms with Gasteiger partial charge in [0.25, 0.3) is 0 Å². The number of hydrogen-bond acceptors (Lipinski definition) is 2. The lowest BCUT2D eigenvalue weighted by Gasteiger charge is -2.21. The van der Waals surface area contributed by atoms with Gasteiger partial charge in [0.1, 0.15) is 0 Å². The minimum atomic E-state index is -1.82. The zero-order valence-electron chi connectivity index (χ0n) is 12.5. The van der Waals surface area contributed by atoms with Gasteiger partial charge in [0, 0.05) is 13.1 Å². The minimum Gasteiger partial charge on any atom is -0.242 e. The third-order valence-electron chi connectivity index (χ3n) is 3.35. The average Bonchev–Trinajstić information content (AvgIpc) is 2.55. The van der Waals surface area contributed by atoms with Crippen LogP contribution < -0.4 is 0 Å². The van der Waals surface area contributed by atoms with Crippen LogP contribution in [-0.4, -0.2) is 10.8 Å². The highest BCUT2D eigenvalue weighted by atomic mass is 79.9. The Morgan fingerprint density at radius 2 is 1.61 bits per heavy atom. The fourth-order valence-corrected chi connectivity index (χ4v) is 3.48. The van der Waals surface area contributed by atoms with Crippen molar-refractivity contribution in [2.75, 3.05) is 6.54 Å². The van der Waals surface area contributed by atoms with E-state index < -0.39 is 27.7 Å². The van der Waals surface area contributed by atoms with Gasteiger partial charge in [-0.2, -0.15) is 0 Å². The van der Waals surface area contributed by atoms with Gasteiger partial charge in [-0.05, 0) is 45.9 Å². The maximum atomic E-state index is 14.0. The van der Waals surface area contributed by atoms with Crippen LogP contribution in [0, 0.1) is 30.2 Å². The summed E-state index contributed by atoms with van der Waals surface area (Å²) >= 11 is 3.65. The number of rotatable bonds is 5. The van der Waals surface area contributed by atoms with Crippen molar-refractivity contribution >= 4 is 27.9 Å². The van der Waals surface area contributed by atoms with Crippen LogP contribution in [-0.2, 0) is 6.54 Å². The highest BCUT2D eigenvalue weighted by molar-refractivity contribution is 9.10. The van der Waals surface area contributed by atoms with Crippen LogP contribution in [0.4, 0.5) is 17.6 Å². The summed E-state index contributed by atoms with van der Waals surface area (Å²) in [7, 11) is 0. The lowest BCUT2D eigenvalue weighted by molar-refractivity contribution is 0.393. The van der Waals surface area contributed by atoms with E-state index >= 15 is 0 Å². The van der Waals surface area contributed by atoms with Crippen LogP contribution in [0.25, 0.3) is 0 Å². The summed E-state index contributed by atoms with van der Waals surface area (Å²) in [6, 6.07) is 7.66. The number of benzene rings is 2. The van der Waals surface area contributed by atoms with Crippen molar-refractivity contribution in [3.63, 3.8) is 0 Å². The Bertz CT molecular complexity index is 694. The largest absolute Gasteiger partial charge is 0.242 e. The topological polar surface area (TPSA) is 3.24 Å². The van der Waals surface area contributed by atoms with E-state index in [0.29, 0.717) is 13.1 Å². The minimum absolute atomic E-state index is 0.308. The zero-order chi connectivity index (χ0) is 17.1. The van der Waals surface area contributed by atoms with E-state index in [1.165, 1.54) is 0 Å². The van der Waals surface area contributed by atoms with E-state index in [-0.39, 0.29) is 4.90 Å². The van der Waals surface area contributed by atoms with Crippen molar-refractivity contribution in [1.29, 1.82) is 0 Å². The first kappa shape index (κ1) is 18.3. The Labute approximate surface area is 144 Å². The predicted octanol–water partition coefficient (Wildman–Crippen LogP) is 5.84. The van der Waals surface area contributed by atoms with Gasteiger partial charge in [0.05, 0.1) is 9.37 Å². The van der Waals surface area contributed by atoms with Crippen molar-refractivity contribution in [3.8, 4) is 0 Å². The molecule has 7 heteroatoms. The molecular weight excluding hydrogens is 394 g/mol. The second kappa shape index (κ2) is 7.68. The van der Waals surface area contributed by atoms with Gasteiger partial charge in [-0.1, -0.05) is 31.2 Å². The van der Waals surface area contributed by atoms with Gasteiger partial charge in [-0.25, -0.2) is 21.9 Å². The summed E-state index contributed by atoms with van der Waals surface area (Å²) in [6.45, 7) is 4.75. The van der Waals surface area contributed by atoms with Crippen LogP contribution in [0.15, 0.2) is 33.6 Å². The summed E-state index contributed by atoms with van der Waals surface area (Å²) in [4.78, 5) is -0.308. The molecule has 0 atom stereocenters. The smallest absolute Gasteiger partial charge is 0.198 e. The summed E-state index contributed by atoms with van der Waals surface area (Å²) in [5.74, 6) is -6.46. The first-order valence-electron chi connectivity index (χ1n) is 6.85. The maximum Gasteiger partial charge on any atom is 0.198 e. The molecule has 23 heavy (non-hydrogen) atoms. The lowest BCUT2D eigenvalue weighted by Crippen LogP contribution is -2.16. The first-order valence-corrected chi connectivity index (χ1v) is 8.42. The summed E-state index contributed by atoms with van der Waals surface area (Å²) in [6.07, 6.45) is 0. The quantitative estimate of drug-likeness (QED) is 0.265. The molecular formula is C16H14BrF4NS. The third-order valence-corrected chi connectivity index (χ3v) is 5.57. The summed E-state index contributed by atoms with van der Waals surface area (Å²) in [5.41, 5.74) is 2.07. The number of halogens is 5. The Hall–Kier alpha value is -1.05. The number of hydrogen-bond donors (Lipinski definition) is 0. The molecule has 0 N–H and O–H groups in total. The van der Waals surface area contributed by atoms with E-state index in [2.05, 4.69) is 15.9 Å². The van der Waals surface area contributed by atoms with E-state index in [4.69, 9.17) is 0 Å². The molecule has 0 aliphatic carbocycles. The highest BCUT2D eigenvalue weighted by Crippen LogP contribution is 2.37. The van der Waals surface area contributed by atoms with Crippen LogP contribution in [0.3, 0.4) is 0 Å². The van der Waals surface area contributed by atoms with Crippen LogP contribution in [0.2, 0.25) is 0 Å². The molecule has 0 aliphatic heterocycles.